The Bertz CT molecular complexity index is 1560. The second-order valence-electron chi connectivity index (χ2n) is 12.0. The number of hydrogen-bond acceptors (Lipinski definition) is 5. The van der Waals surface area contributed by atoms with Crippen LogP contribution >= 0.6 is 0 Å². The number of rotatable bonds is 2. The average molecular weight is 515 g/mol. The molecule has 1 saturated heterocycles. The first kappa shape index (κ1) is 23.7. The van der Waals surface area contributed by atoms with E-state index in [9.17, 15) is 14.4 Å². The number of carbonyl (C=O) groups is 1. The van der Waals surface area contributed by atoms with Gasteiger partial charge in [0.2, 0.25) is 5.91 Å². The first-order chi connectivity index (χ1) is 18.4. The van der Waals surface area contributed by atoms with Crippen molar-refractivity contribution in [3.05, 3.63) is 73.5 Å². The van der Waals surface area contributed by atoms with Crippen molar-refractivity contribution in [2.45, 2.75) is 82.8 Å². The van der Waals surface area contributed by atoms with Crippen LogP contribution in [-0.4, -0.2) is 34.1 Å². The lowest BCUT2D eigenvalue weighted by molar-refractivity contribution is -0.133. The van der Waals surface area contributed by atoms with Crippen LogP contribution in [0.1, 0.15) is 73.2 Å². The quantitative estimate of drug-likeness (QED) is 0.471. The molecule has 1 spiro atoms. The lowest BCUT2D eigenvalue weighted by Crippen LogP contribution is -2.49. The van der Waals surface area contributed by atoms with E-state index < -0.39 is 5.63 Å². The Morgan fingerprint density at radius 2 is 1.89 bits per heavy atom. The molecule has 1 aliphatic carbocycles. The van der Waals surface area contributed by atoms with Crippen LogP contribution in [0.2, 0.25) is 0 Å². The molecule has 0 radical (unpaired) electrons. The number of ether oxygens (including phenoxy) is 1. The first-order valence-corrected chi connectivity index (χ1v) is 14.1. The molecule has 1 amide bonds. The minimum atomic E-state index is -0.444. The van der Waals surface area contributed by atoms with E-state index in [4.69, 9.17) is 9.15 Å². The molecule has 3 aliphatic heterocycles. The zero-order chi connectivity index (χ0) is 26.0. The highest BCUT2D eigenvalue weighted by molar-refractivity contribution is 5.86. The van der Waals surface area contributed by atoms with Gasteiger partial charge in [0.25, 0.3) is 5.56 Å². The largest absolute Gasteiger partial charge is 0.487 e. The smallest absolute Gasteiger partial charge is 0.340 e. The summed E-state index contributed by atoms with van der Waals surface area (Å²) in [6, 6.07) is 9.40. The van der Waals surface area contributed by atoms with Crippen LogP contribution < -0.4 is 15.9 Å². The van der Waals surface area contributed by atoms with Gasteiger partial charge in [-0.05, 0) is 81.0 Å². The maximum absolute atomic E-state index is 13.5. The number of pyridine rings is 1. The number of hydrogen-bond donors (Lipinski definition) is 0. The Labute approximate surface area is 221 Å². The summed E-state index contributed by atoms with van der Waals surface area (Å²) in [5.74, 6) is 1.19. The van der Waals surface area contributed by atoms with Crippen LogP contribution in [0.25, 0.3) is 11.0 Å². The lowest BCUT2D eigenvalue weighted by Gasteiger charge is -2.42. The molecule has 7 nitrogen and oxygen atoms in total. The van der Waals surface area contributed by atoms with E-state index in [0.717, 1.165) is 60.1 Å². The van der Waals surface area contributed by atoms with Crippen LogP contribution in [0.3, 0.4) is 0 Å². The Morgan fingerprint density at radius 1 is 1.05 bits per heavy atom. The Hall–Kier alpha value is -3.35. The van der Waals surface area contributed by atoms with Gasteiger partial charge < -0.3 is 18.6 Å². The zero-order valence-corrected chi connectivity index (χ0v) is 22.0. The number of fused-ring (bicyclic) bond motifs is 6. The third-order valence-electron chi connectivity index (χ3n) is 9.57. The summed E-state index contributed by atoms with van der Waals surface area (Å²) in [7, 11) is 0. The Kier molecular flexibility index (Phi) is 5.53. The standard InChI is InChI=1S/C31H34N2O5/c1-19-23-13-21-8-11-31(9-3-2-4-10-31)38-26(21)15-27(23)37-30(36)24(19)14-29(35)32-16-20-12-22(18-32)25-6-5-7-28(34)33(25)17-20/h5-7,13,15,20,22H,2-4,8-12,14,16-18H2,1H3/t20-,22+/m0/s1. The van der Waals surface area contributed by atoms with Crippen molar-refractivity contribution < 1.29 is 13.9 Å². The van der Waals surface area contributed by atoms with Crippen LogP contribution in [0.15, 0.2) is 44.3 Å². The van der Waals surface area contributed by atoms with Crippen molar-refractivity contribution in [3.8, 4) is 5.75 Å². The first-order valence-electron chi connectivity index (χ1n) is 14.1. The minimum absolute atomic E-state index is 0.0296. The number of carbonyl (C=O) groups excluding carboxylic acids is 1. The van der Waals surface area contributed by atoms with Crippen molar-refractivity contribution in [2.24, 2.45) is 5.92 Å². The zero-order valence-electron chi connectivity index (χ0n) is 22.0. The number of benzene rings is 1. The van der Waals surface area contributed by atoms with Gasteiger partial charge in [-0.3, -0.25) is 9.59 Å². The van der Waals surface area contributed by atoms with E-state index in [-0.39, 0.29) is 35.3 Å². The van der Waals surface area contributed by atoms with Gasteiger partial charge in [-0.15, -0.1) is 0 Å². The molecule has 0 unspecified atom stereocenters. The molecule has 7 heteroatoms. The molecule has 4 aliphatic rings. The molecular weight excluding hydrogens is 480 g/mol. The van der Waals surface area contributed by atoms with E-state index in [0.29, 0.717) is 30.8 Å². The van der Waals surface area contributed by atoms with Crippen LogP contribution in [0, 0.1) is 12.8 Å². The normalized spacial score (nSPS) is 23.6. The van der Waals surface area contributed by atoms with Crippen molar-refractivity contribution >= 4 is 16.9 Å². The van der Waals surface area contributed by atoms with Crippen molar-refractivity contribution in [3.63, 3.8) is 0 Å². The molecule has 0 N–H and O–H groups in total. The topological polar surface area (TPSA) is 81.8 Å². The van der Waals surface area contributed by atoms with E-state index in [1.807, 2.05) is 28.5 Å². The summed E-state index contributed by atoms with van der Waals surface area (Å²) in [6.45, 7) is 3.75. The van der Waals surface area contributed by atoms with Crippen LogP contribution in [0.4, 0.5) is 0 Å². The Balaban J connectivity index is 1.15. The third kappa shape index (κ3) is 3.89. The van der Waals surface area contributed by atoms with E-state index in [1.165, 1.54) is 19.3 Å². The van der Waals surface area contributed by atoms with Gasteiger partial charge in [0.1, 0.15) is 16.9 Å². The molecule has 1 saturated carbocycles. The number of aryl methyl sites for hydroxylation is 2. The molecule has 2 atom stereocenters. The lowest BCUT2D eigenvalue weighted by atomic mass is 9.79. The van der Waals surface area contributed by atoms with Gasteiger partial charge in [0, 0.05) is 48.8 Å². The molecule has 1 aromatic carbocycles. The summed E-state index contributed by atoms with van der Waals surface area (Å²) >= 11 is 0. The SMILES string of the molecule is Cc1c(CC(=O)N2C[C@@H]3C[C@H](C2)c2cccc(=O)n2C3)c(=O)oc2cc3c(cc12)CCC1(CCCCC1)O3. The van der Waals surface area contributed by atoms with Gasteiger partial charge in [-0.2, -0.15) is 0 Å². The molecule has 198 valence electrons. The van der Waals surface area contributed by atoms with Gasteiger partial charge in [0.15, 0.2) is 0 Å². The third-order valence-corrected chi connectivity index (χ3v) is 9.57. The molecular formula is C31H34N2O5. The molecule has 5 heterocycles. The number of aromatic nitrogens is 1. The molecule has 2 fully saturated rings. The number of piperidine rings is 1. The molecule has 38 heavy (non-hydrogen) atoms. The van der Waals surface area contributed by atoms with Gasteiger partial charge in [-0.1, -0.05) is 12.5 Å². The van der Waals surface area contributed by atoms with Gasteiger partial charge in [-0.25, -0.2) is 4.79 Å². The Morgan fingerprint density at radius 3 is 2.74 bits per heavy atom. The predicted molar refractivity (Wildman–Crippen MR) is 144 cm³/mol. The number of likely N-dealkylation sites (tertiary alicyclic amines) is 1. The fourth-order valence-corrected chi connectivity index (χ4v) is 7.51. The van der Waals surface area contributed by atoms with Crippen LogP contribution in [-0.2, 0) is 24.2 Å². The fraction of sp³-hybridized carbons (Fsp3) is 0.516. The molecule has 2 aromatic heterocycles. The van der Waals surface area contributed by atoms with Crippen molar-refractivity contribution in [1.82, 2.24) is 9.47 Å². The number of nitrogens with zero attached hydrogens (tertiary/aromatic N) is 2. The second kappa shape index (κ2) is 8.85. The summed E-state index contributed by atoms with van der Waals surface area (Å²) < 4.78 is 14.2. The monoisotopic (exact) mass is 514 g/mol. The second-order valence-corrected chi connectivity index (χ2v) is 12.0. The summed E-state index contributed by atoms with van der Waals surface area (Å²) in [5, 5.41) is 0.887. The van der Waals surface area contributed by atoms with E-state index in [2.05, 4.69) is 6.07 Å². The summed E-state index contributed by atoms with van der Waals surface area (Å²) in [4.78, 5) is 40.8. The minimum Gasteiger partial charge on any atom is -0.487 e. The van der Waals surface area contributed by atoms with Crippen molar-refractivity contribution in [2.75, 3.05) is 13.1 Å². The average Bonchev–Trinajstić information content (AvgIpc) is 2.91. The van der Waals surface area contributed by atoms with Gasteiger partial charge >= 0.3 is 5.63 Å². The highest BCUT2D eigenvalue weighted by Crippen LogP contribution is 2.43. The highest BCUT2D eigenvalue weighted by atomic mass is 16.5. The van der Waals surface area contributed by atoms with E-state index >= 15 is 0 Å². The highest BCUT2D eigenvalue weighted by Gasteiger charge is 2.38. The van der Waals surface area contributed by atoms with Gasteiger partial charge in [0.05, 0.1) is 12.0 Å². The molecule has 3 aromatic rings. The summed E-state index contributed by atoms with van der Waals surface area (Å²) in [5.41, 5.74) is 3.47. The van der Waals surface area contributed by atoms with Crippen LogP contribution in [0.5, 0.6) is 5.75 Å². The molecule has 7 rings (SSSR count). The summed E-state index contributed by atoms with van der Waals surface area (Å²) in [6.07, 6.45) is 8.87. The fourth-order valence-electron chi connectivity index (χ4n) is 7.51. The maximum Gasteiger partial charge on any atom is 0.340 e. The number of amides is 1. The predicted octanol–water partition coefficient (Wildman–Crippen LogP) is 4.48. The maximum atomic E-state index is 13.5. The van der Waals surface area contributed by atoms with Crippen molar-refractivity contribution in [1.29, 1.82) is 0 Å². The van der Waals surface area contributed by atoms with E-state index in [1.54, 1.807) is 12.1 Å². The molecule has 2 bridgehead atoms.